The van der Waals surface area contributed by atoms with Gasteiger partial charge in [0.25, 0.3) is 0 Å². The van der Waals surface area contributed by atoms with Gasteiger partial charge in [-0.15, -0.1) is 0 Å². The molecule has 3 nitrogen and oxygen atoms in total. The molecule has 0 saturated carbocycles. The third-order valence-electron chi connectivity index (χ3n) is 3.25. The maximum atomic E-state index is 13.6. The van der Waals surface area contributed by atoms with Crippen LogP contribution < -0.4 is 0 Å². The van der Waals surface area contributed by atoms with Crippen LogP contribution in [0, 0.1) is 5.82 Å². The van der Waals surface area contributed by atoms with Gasteiger partial charge in [0, 0.05) is 5.56 Å². The van der Waals surface area contributed by atoms with Gasteiger partial charge in [-0.1, -0.05) is 29.3 Å². The van der Waals surface area contributed by atoms with Crippen molar-refractivity contribution in [2.24, 2.45) is 0 Å². The lowest BCUT2D eigenvalue weighted by Gasteiger charge is -2.13. The molecule has 0 aliphatic heterocycles. The molecule has 3 aromatic rings. The smallest absolute Gasteiger partial charge is 0.123 e. The minimum atomic E-state index is -0.884. The fourth-order valence-corrected chi connectivity index (χ4v) is 2.64. The summed E-state index contributed by atoms with van der Waals surface area (Å²) in [6.45, 7) is 1.57. The van der Waals surface area contributed by atoms with E-state index in [2.05, 4.69) is 9.97 Å². The maximum Gasteiger partial charge on any atom is 0.123 e. The van der Waals surface area contributed by atoms with Crippen LogP contribution in [-0.4, -0.2) is 15.1 Å². The molecule has 0 saturated heterocycles. The van der Waals surface area contributed by atoms with E-state index < -0.39 is 11.9 Å². The molecule has 0 bridgehead atoms. The lowest BCUT2D eigenvalue weighted by molar-refractivity contribution is 0.195. The number of aromatic nitrogens is 2. The Morgan fingerprint density at radius 3 is 2.59 bits per heavy atom. The number of hydrogen-bond donors (Lipinski definition) is 1. The number of rotatable bonds is 2. The van der Waals surface area contributed by atoms with Crippen molar-refractivity contribution in [3.63, 3.8) is 0 Å². The Balaban J connectivity index is 2.38. The number of fused-ring (bicyclic) bond motifs is 1. The second kappa shape index (κ2) is 5.80. The van der Waals surface area contributed by atoms with Crippen LogP contribution in [0.3, 0.4) is 0 Å². The average molecular weight is 337 g/mol. The number of halogens is 3. The number of aliphatic hydroxyl groups excluding tert-OH is 1. The Labute approximate surface area is 136 Å². The highest BCUT2D eigenvalue weighted by molar-refractivity contribution is 6.35. The monoisotopic (exact) mass is 336 g/mol. The SMILES string of the molecule is CC(O)c1nc2cccc(Cl)c2nc1-c1cc(F)ccc1Cl. The maximum absolute atomic E-state index is 13.6. The second-order valence-corrected chi connectivity index (χ2v) is 5.68. The van der Waals surface area contributed by atoms with Gasteiger partial charge in [0.2, 0.25) is 0 Å². The van der Waals surface area contributed by atoms with Gasteiger partial charge in [-0.25, -0.2) is 14.4 Å². The van der Waals surface area contributed by atoms with Crippen molar-refractivity contribution in [3.05, 3.63) is 58.0 Å². The van der Waals surface area contributed by atoms with Crippen molar-refractivity contribution in [1.29, 1.82) is 0 Å². The first-order valence-electron chi connectivity index (χ1n) is 6.57. The zero-order valence-corrected chi connectivity index (χ0v) is 13.0. The highest BCUT2D eigenvalue weighted by Gasteiger charge is 2.18. The molecule has 0 fully saturated rings. The quantitative estimate of drug-likeness (QED) is 0.731. The third-order valence-corrected chi connectivity index (χ3v) is 3.89. The fraction of sp³-hybridized carbons (Fsp3) is 0.125. The molecular weight excluding hydrogens is 326 g/mol. The van der Waals surface area contributed by atoms with Gasteiger partial charge in [0.05, 0.1) is 33.1 Å². The van der Waals surface area contributed by atoms with E-state index in [1.807, 2.05) is 0 Å². The lowest BCUT2D eigenvalue weighted by atomic mass is 10.1. The molecule has 1 aromatic heterocycles. The lowest BCUT2D eigenvalue weighted by Crippen LogP contribution is -2.03. The summed E-state index contributed by atoms with van der Waals surface area (Å²) in [5.41, 5.74) is 2.04. The number of benzene rings is 2. The van der Waals surface area contributed by atoms with Crippen LogP contribution in [0.1, 0.15) is 18.7 Å². The second-order valence-electron chi connectivity index (χ2n) is 4.87. The summed E-state index contributed by atoms with van der Waals surface area (Å²) in [6, 6.07) is 9.15. The number of aliphatic hydroxyl groups is 1. The predicted octanol–water partition coefficient (Wildman–Crippen LogP) is 4.80. The van der Waals surface area contributed by atoms with E-state index in [1.54, 1.807) is 25.1 Å². The summed E-state index contributed by atoms with van der Waals surface area (Å²) in [6.07, 6.45) is -0.884. The molecule has 1 unspecified atom stereocenters. The molecule has 2 aromatic carbocycles. The van der Waals surface area contributed by atoms with Crippen LogP contribution in [-0.2, 0) is 0 Å². The molecule has 0 spiro atoms. The highest BCUT2D eigenvalue weighted by atomic mass is 35.5. The molecule has 1 N–H and O–H groups in total. The summed E-state index contributed by atoms with van der Waals surface area (Å²) in [7, 11) is 0. The molecule has 1 heterocycles. The molecule has 0 radical (unpaired) electrons. The van der Waals surface area contributed by atoms with E-state index in [9.17, 15) is 9.50 Å². The van der Waals surface area contributed by atoms with Crippen molar-refractivity contribution < 1.29 is 9.50 Å². The molecule has 0 aliphatic carbocycles. The van der Waals surface area contributed by atoms with Gasteiger partial charge in [-0.05, 0) is 37.3 Å². The minimum Gasteiger partial charge on any atom is -0.387 e. The summed E-state index contributed by atoms with van der Waals surface area (Å²) < 4.78 is 13.6. The number of hydrogen-bond acceptors (Lipinski definition) is 3. The molecule has 0 aliphatic rings. The van der Waals surface area contributed by atoms with E-state index in [0.717, 1.165) is 0 Å². The Hall–Kier alpha value is -1.75. The van der Waals surface area contributed by atoms with Crippen molar-refractivity contribution in [2.45, 2.75) is 13.0 Å². The molecule has 6 heteroatoms. The third kappa shape index (κ3) is 2.65. The van der Waals surface area contributed by atoms with Crippen LogP contribution >= 0.6 is 23.2 Å². The minimum absolute atomic E-state index is 0.320. The van der Waals surface area contributed by atoms with Crippen molar-refractivity contribution in [1.82, 2.24) is 9.97 Å². The van der Waals surface area contributed by atoms with E-state index in [0.29, 0.717) is 38.0 Å². The van der Waals surface area contributed by atoms with Gasteiger partial charge < -0.3 is 5.11 Å². The van der Waals surface area contributed by atoms with Gasteiger partial charge in [-0.2, -0.15) is 0 Å². The van der Waals surface area contributed by atoms with E-state index >= 15 is 0 Å². The Morgan fingerprint density at radius 2 is 1.86 bits per heavy atom. The zero-order chi connectivity index (χ0) is 15.9. The van der Waals surface area contributed by atoms with Crippen molar-refractivity contribution >= 4 is 34.2 Å². The molecule has 3 rings (SSSR count). The highest BCUT2D eigenvalue weighted by Crippen LogP contribution is 2.34. The zero-order valence-electron chi connectivity index (χ0n) is 11.5. The number of nitrogens with zero attached hydrogens (tertiary/aromatic N) is 2. The number of para-hydroxylation sites is 1. The Kier molecular flexibility index (Phi) is 4.00. The summed E-state index contributed by atoms with van der Waals surface area (Å²) in [5.74, 6) is -0.447. The molecule has 112 valence electrons. The van der Waals surface area contributed by atoms with E-state index in [4.69, 9.17) is 23.2 Å². The first-order chi connectivity index (χ1) is 10.5. The standard InChI is InChI=1S/C16H11Cl2FN2O/c1-8(22)14-15(10-7-9(19)5-6-11(10)17)21-16-12(18)3-2-4-13(16)20-14/h2-8,22H,1H3. The van der Waals surface area contributed by atoms with Crippen molar-refractivity contribution in [3.8, 4) is 11.3 Å². The van der Waals surface area contributed by atoms with Crippen LogP contribution in [0.15, 0.2) is 36.4 Å². The molecular formula is C16H11Cl2FN2O. The summed E-state index contributed by atoms with van der Waals surface area (Å²) >= 11 is 12.3. The topological polar surface area (TPSA) is 46.0 Å². The van der Waals surface area contributed by atoms with Crippen LogP contribution in [0.2, 0.25) is 10.0 Å². The predicted molar refractivity (Wildman–Crippen MR) is 85.6 cm³/mol. The molecule has 22 heavy (non-hydrogen) atoms. The molecule has 1 atom stereocenters. The van der Waals surface area contributed by atoms with Crippen LogP contribution in [0.5, 0.6) is 0 Å². The first-order valence-corrected chi connectivity index (χ1v) is 7.32. The summed E-state index contributed by atoms with van der Waals surface area (Å²) in [5, 5.41) is 10.7. The van der Waals surface area contributed by atoms with E-state index in [-0.39, 0.29) is 0 Å². The van der Waals surface area contributed by atoms with Gasteiger partial charge in [0.15, 0.2) is 0 Å². The van der Waals surface area contributed by atoms with Crippen LogP contribution in [0.4, 0.5) is 4.39 Å². The fourth-order valence-electron chi connectivity index (χ4n) is 2.23. The van der Waals surface area contributed by atoms with Gasteiger partial charge in [-0.3, -0.25) is 0 Å². The Bertz CT molecular complexity index is 868. The first kappa shape index (κ1) is 15.2. The summed E-state index contributed by atoms with van der Waals surface area (Å²) in [4.78, 5) is 8.87. The molecule has 0 amide bonds. The largest absolute Gasteiger partial charge is 0.387 e. The van der Waals surface area contributed by atoms with Crippen LogP contribution in [0.25, 0.3) is 22.3 Å². The Morgan fingerprint density at radius 1 is 1.09 bits per heavy atom. The van der Waals surface area contributed by atoms with E-state index in [1.165, 1.54) is 18.2 Å². The normalized spacial score (nSPS) is 12.6. The van der Waals surface area contributed by atoms with Gasteiger partial charge in [0.1, 0.15) is 11.3 Å². The average Bonchev–Trinajstić information content (AvgIpc) is 2.49. The van der Waals surface area contributed by atoms with Crippen molar-refractivity contribution in [2.75, 3.05) is 0 Å². The van der Waals surface area contributed by atoms with Gasteiger partial charge >= 0.3 is 0 Å².